The van der Waals surface area contributed by atoms with Crippen molar-refractivity contribution in [2.45, 2.75) is 31.2 Å². The summed E-state index contributed by atoms with van der Waals surface area (Å²) in [5.41, 5.74) is 1.52. The van der Waals surface area contributed by atoms with Crippen molar-refractivity contribution in [1.29, 1.82) is 0 Å². The first kappa shape index (κ1) is 19.8. The predicted molar refractivity (Wildman–Crippen MR) is 112 cm³/mol. The number of carbonyl (C=O) groups excluding carboxylic acids is 3. The van der Waals surface area contributed by atoms with E-state index in [9.17, 15) is 14.4 Å². The van der Waals surface area contributed by atoms with Crippen LogP contribution in [0.1, 0.15) is 41.6 Å². The van der Waals surface area contributed by atoms with E-state index in [1.165, 1.54) is 4.90 Å². The molecule has 2 saturated heterocycles. The number of anilines is 1. The molecule has 150 valence electrons. The van der Waals surface area contributed by atoms with Gasteiger partial charge in [0.05, 0.1) is 11.2 Å². The standard InChI is InChI=1S/C22H21BrN2O4/c23-17-3-1-2-16(14-17)22(10-12-29-13-11-22)24-21(28)15-4-6-18(7-5-15)25-19(26)8-9-20(25)27/h1-7,14H,8-13H2,(H,24,28). The Morgan fingerprint density at radius 1 is 1.00 bits per heavy atom. The fourth-order valence-electron chi connectivity index (χ4n) is 3.91. The molecule has 0 aliphatic carbocycles. The number of hydrogen-bond donors (Lipinski definition) is 1. The number of benzene rings is 2. The summed E-state index contributed by atoms with van der Waals surface area (Å²) in [7, 11) is 0. The van der Waals surface area contributed by atoms with Crippen molar-refractivity contribution in [3.63, 3.8) is 0 Å². The highest BCUT2D eigenvalue weighted by molar-refractivity contribution is 9.10. The molecular formula is C22H21BrN2O4. The van der Waals surface area contributed by atoms with Crippen LogP contribution in [-0.2, 0) is 19.9 Å². The Morgan fingerprint density at radius 2 is 1.66 bits per heavy atom. The minimum absolute atomic E-state index is 0.197. The lowest BCUT2D eigenvalue weighted by Crippen LogP contribution is -2.49. The fourth-order valence-corrected chi connectivity index (χ4v) is 4.31. The van der Waals surface area contributed by atoms with Crippen molar-refractivity contribution in [1.82, 2.24) is 5.32 Å². The maximum Gasteiger partial charge on any atom is 0.251 e. The molecule has 0 atom stereocenters. The van der Waals surface area contributed by atoms with Gasteiger partial charge in [0, 0.05) is 36.1 Å². The first-order valence-electron chi connectivity index (χ1n) is 9.61. The van der Waals surface area contributed by atoms with Gasteiger partial charge in [-0.15, -0.1) is 0 Å². The third-order valence-electron chi connectivity index (χ3n) is 5.52. The van der Waals surface area contributed by atoms with E-state index in [1.807, 2.05) is 24.3 Å². The summed E-state index contributed by atoms with van der Waals surface area (Å²) < 4.78 is 6.48. The van der Waals surface area contributed by atoms with Crippen LogP contribution >= 0.6 is 15.9 Å². The zero-order valence-corrected chi connectivity index (χ0v) is 17.4. The molecule has 6 nitrogen and oxygen atoms in total. The lowest BCUT2D eigenvalue weighted by Gasteiger charge is -2.38. The van der Waals surface area contributed by atoms with Gasteiger partial charge in [-0.25, -0.2) is 0 Å². The van der Waals surface area contributed by atoms with Crippen molar-refractivity contribution < 1.29 is 19.1 Å². The van der Waals surface area contributed by atoms with Crippen LogP contribution in [0.4, 0.5) is 5.69 Å². The Morgan fingerprint density at radius 3 is 2.28 bits per heavy atom. The summed E-state index contributed by atoms with van der Waals surface area (Å²) >= 11 is 3.51. The second-order valence-electron chi connectivity index (χ2n) is 7.33. The van der Waals surface area contributed by atoms with Gasteiger partial charge in [0.2, 0.25) is 11.8 Å². The van der Waals surface area contributed by atoms with Crippen LogP contribution in [0.5, 0.6) is 0 Å². The summed E-state index contributed by atoms with van der Waals surface area (Å²) in [6, 6.07) is 14.6. The van der Waals surface area contributed by atoms with E-state index in [1.54, 1.807) is 24.3 Å². The van der Waals surface area contributed by atoms with Gasteiger partial charge < -0.3 is 10.1 Å². The number of ether oxygens (including phenoxy) is 1. The van der Waals surface area contributed by atoms with Crippen molar-refractivity contribution >= 4 is 39.3 Å². The maximum atomic E-state index is 13.0. The Kier molecular flexibility index (Phi) is 5.52. The summed E-state index contributed by atoms with van der Waals surface area (Å²) in [4.78, 5) is 38.0. The molecule has 2 aromatic rings. The molecule has 4 rings (SSSR count). The SMILES string of the molecule is O=C(NC1(c2cccc(Br)c2)CCOCC1)c1ccc(N2C(=O)CCC2=O)cc1. The molecule has 2 aliphatic rings. The molecule has 0 radical (unpaired) electrons. The highest BCUT2D eigenvalue weighted by Gasteiger charge is 2.36. The van der Waals surface area contributed by atoms with Crippen LogP contribution in [0.15, 0.2) is 53.0 Å². The number of hydrogen-bond acceptors (Lipinski definition) is 4. The molecule has 2 heterocycles. The first-order chi connectivity index (χ1) is 14.0. The van der Waals surface area contributed by atoms with Crippen molar-refractivity contribution in [3.8, 4) is 0 Å². The van der Waals surface area contributed by atoms with Gasteiger partial charge in [-0.2, -0.15) is 0 Å². The van der Waals surface area contributed by atoms with Crippen molar-refractivity contribution in [2.24, 2.45) is 0 Å². The molecule has 0 spiro atoms. The molecule has 2 aliphatic heterocycles. The van der Waals surface area contributed by atoms with Gasteiger partial charge in [-0.1, -0.05) is 28.1 Å². The van der Waals surface area contributed by atoms with E-state index in [4.69, 9.17) is 4.74 Å². The number of rotatable bonds is 4. The van der Waals surface area contributed by atoms with Crippen LogP contribution in [0, 0.1) is 0 Å². The van der Waals surface area contributed by atoms with Crippen LogP contribution in [0.25, 0.3) is 0 Å². The van der Waals surface area contributed by atoms with Gasteiger partial charge >= 0.3 is 0 Å². The van der Waals surface area contributed by atoms with Gasteiger partial charge in [-0.05, 0) is 54.8 Å². The normalized spacial score (nSPS) is 18.7. The molecule has 0 unspecified atom stereocenters. The zero-order chi connectivity index (χ0) is 20.4. The minimum Gasteiger partial charge on any atom is -0.381 e. The summed E-state index contributed by atoms with van der Waals surface area (Å²) in [5, 5.41) is 3.21. The highest BCUT2D eigenvalue weighted by atomic mass is 79.9. The topological polar surface area (TPSA) is 75.7 Å². The predicted octanol–water partition coefficient (Wildman–Crippen LogP) is 3.54. The Bertz CT molecular complexity index is 936. The van der Waals surface area contributed by atoms with Crippen molar-refractivity contribution in [2.75, 3.05) is 18.1 Å². The Balaban J connectivity index is 1.56. The van der Waals surface area contributed by atoms with E-state index in [0.29, 0.717) is 37.3 Å². The average molecular weight is 457 g/mol. The molecule has 1 N–H and O–H groups in total. The molecule has 3 amide bonds. The lowest BCUT2D eigenvalue weighted by atomic mass is 9.82. The van der Waals surface area contributed by atoms with Crippen LogP contribution in [0.3, 0.4) is 0 Å². The van der Waals surface area contributed by atoms with E-state index in [0.717, 1.165) is 10.0 Å². The van der Waals surface area contributed by atoms with Crippen molar-refractivity contribution in [3.05, 3.63) is 64.1 Å². The monoisotopic (exact) mass is 456 g/mol. The maximum absolute atomic E-state index is 13.0. The molecular weight excluding hydrogens is 436 g/mol. The third-order valence-corrected chi connectivity index (χ3v) is 6.01. The van der Waals surface area contributed by atoms with Gasteiger partial charge in [0.15, 0.2) is 0 Å². The zero-order valence-electron chi connectivity index (χ0n) is 15.8. The number of imide groups is 1. The third kappa shape index (κ3) is 3.97. The molecule has 2 fully saturated rings. The van der Waals surface area contributed by atoms with Crippen LogP contribution < -0.4 is 10.2 Å². The lowest BCUT2D eigenvalue weighted by molar-refractivity contribution is -0.121. The smallest absolute Gasteiger partial charge is 0.251 e. The molecule has 2 aromatic carbocycles. The number of nitrogens with one attached hydrogen (secondary N) is 1. The largest absolute Gasteiger partial charge is 0.381 e. The van der Waals surface area contributed by atoms with Crippen LogP contribution in [-0.4, -0.2) is 30.9 Å². The molecule has 0 bridgehead atoms. The summed E-state index contributed by atoms with van der Waals surface area (Å²) in [5.74, 6) is -0.608. The second-order valence-corrected chi connectivity index (χ2v) is 8.24. The Hall–Kier alpha value is -2.51. The van der Waals surface area contributed by atoms with Gasteiger partial charge in [0.25, 0.3) is 5.91 Å². The number of carbonyl (C=O) groups is 3. The Labute approximate surface area is 177 Å². The van der Waals surface area contributed by atoms with E-state index < -0.39 is 5.54 Å². The fraction of sp³-hybridized carbons (Fsp3) is 0.318. The summed E-state index contributed by atoms with van der Waals surface area (Å²) in [6.07, 6.45) is 1.84. The van der Waals surface area contributed by atoms with E-state index >= 15 is 0 Å². The minimum atomic E-state index is -0.501. The van der Waals surface area contributed by atoms with Crippen LogP contribution in [0.2, 0.25) is 0 Å². The molecule has 0 saturated carbocycles. The molecule has 0 aromatic heterocycles. The van der Waals surface area contributed by atoms with E-state index in [2.05, 4.69) is 21.2 Å². The molecule has 7 heteroatoms. The number of halogens is 1. The summed E-state index contributed by atoms with van der Waals surface area (Å²) in [6.45, 7) is 1.15. The van der Waals surface area contributed by atoms with Gasteiger partial charge in [0.1, 0.15) is 0 Å². The van der Waals surface area contributed by atoms with Gasteiger partial charge in [-0.3, -0.25) is 19.3 Å². The number of nitrogens with zero attached hydrogens (tertiary/aromatic N) is 1. The van der Waals surface area contributed by atoms with E-state index in [-0.39, 0.29) is 30.6 Å². The quantitative estimate of drug-likeness (QED) is 0.713. The second kappa shape index (κ2) is 8.08. The first-order valence-corrected chi connectivity index (χ1v) is 10.4. The molecule has 29 heavy (non-hydrogen) atoms. The number of amides is 3. The highest BCUT2D eigenvalue weighted by Crippen LogP contribution is 2.34. The average Bonchev–Trinajstić information content (AvgIpc) is 3.07.